The Morgan fingerprint density at radius 2 is 1.52 bits per heavy atom. The molecule has 0 saturated carbocycles. The first-order chi connectivity index (χ1) is 15.4. The summed E-state index contributed by atoms with van der Waals surface area (Å²) in [5.74, 6) is -3.62. The lowest BCUT2D eigenvalue weighted by Crippen LogP contribution is -2.58. The van der Waals surface area contributed by atoms with Gasteiger partial charge >= 0.3 is 23.9 Å². The summed E-state index contributed by atoms with van der Waals surface area (Å²) in [4.78, 5) is 60.0. The Bertz CT molecular complexity index is 735. The summed E-state index contributed by atoms with van der Waals surface area (Å²) in [6.45, 7) is 3.69. The Morgan fingerprint density at radius 1 is 0.970 bits per heavy atom. The van der Waals surface area contributed by atoms with Crippen molar-refractivity contribution in [1.82, 2.24) is 4.90 Å². The Kier molecular flexibility index (Phi) is 11.6. The third kappa shape index (κ3) is 8.79. The maximum absolute atomic E-state index is 11.9. The van der Waals surface area contributed by atoms with E-state index in [9.17, 15) is 29.1 Å². The van der Waals surface area contributed by atoms with Gasteiger partial charge in [0.1, 0.15) is 25.5 Å². The summed E-state index contributed by atoms with van der Waals surface area (Å²) in [5.41, 5.74) is 5.44. The largest absolute Gasteiger partial charge is 0.462 e. The number of rotatable bonds is 12. The van der Waals surface area contributed by atoms with Crippen LogP contribution in [0.4, 0.5) is 0 Å². The fourth-order valence-corrected chi connectivity index (χ4v) is 4.74. The highest BCUT2D eigenvalue weighted by Gasteiger charge is 2.49. The molecule has 0 radical (unpaired) electrons. The molecule has 1 rings (SSSR count). The molecule has 0 spiro atoms. The fourth-order valence-electron chi connectivity index (χ4n) is 3.25. The number of hydrogen-bond donors (Lipinski definition) is 2. The molecule has 1 heterocycles. The summed E-state index contributed by atoms with van der Waals surface area (Å²) in [7, 11) is 1.38. The number of thioether (sulfide) groups is 1. The number of nitrogens with zero attached hydrogens (tertiary/aromatic N) is 1. The maximum Gasteiger partial charge on any atom is 0.303 e. The molecule has 3 N–H and O–H groups in total. The average Bonchev–Trinajstić information content (AvgIpc) is 3.11. The zero-order valence-corrected chi connectivity index (χ0v) is 19.9. The molecule has 0 aromatic heterocycles. The monoisotopic (exact) mass is 494 g/mol. The molecule has 1 saturated heterocycles. The summed E-state index contributed by atoms with van der Waals surface area (Å²) in [6.07, 6.45) is -6.11. The van der Waals surface area contributed by atoms with Gasteiger partial charge in [-0.25, -0.2) is 0 Å². The highest BCUT2D eigenvalue weighted by atomic mass is 32.2. The van der Waals surface area contributed by atoms with Crippen molar-refractivity contribution in [2.45, 2.75) is 63.5 Å². The van der Waals surface area contributed by atoms with Gasteiger partial charge in [-0.1, -0.05) is 0 Å². The zero-order valence-electron chi connectivity index (χ0n) is 19.0. The van der Waals surface area contributed by atoms with E-state index in [1.54, 1.807) is 0 Å². The Morgan fingerprint density at radius 3 is 1.97 bits per heavy atom. The van der Waals surface area contributed by atoms with Crippen LogP contribution in [0.2, 0.25) is 0 Å². The summed E-state index contributed by atoms with van der Waals surface area (Å²) < 4.78 is 25.7. The second-order valence-electron chi connectivity index (χ2n) is 7.16. The van der Waals surface area contributed by atoms with Crippen molar-refractivity contribution in [2.75, 3.05) is 26.2 Å². The number of aliphatic hydroxyl groups excluding tert-OH is 1. The minimum Gasteiger partial charge on any atom is -0.462 e. The molecule has 13 nitrogen and oxygen atoms in total. The molecule has 14 heteroatoms. The smallest absolute Gasteiger partial charge is 0.303 e. The topological polar surface area (TPSA) is 181 Å². The lowest BCUT2D eigenvalue weighted by atomic mass is 10.0. The number of carbonyl (C=O) groups is 5. The molecule has 0 aromatic carbocycles. The van der Waals surface area contributed by atoms with E-state index >= 15 is 0 Å². The molecule has 1 amide bonds. The fraction of sp³-hybridized carbons (Fsp3) is 0.737. The first kappa shape index (κ1) is 28.6. The van der Waals surface area contributed by atoms with Gasteiger partial charge in [0.2, 0.25) is 5.91 Å². The van der Waals surface area contributed by atoms with Crippen LogP contribution in [0.1, 0.15) is 27.7 Å². The molecule has 6 atom stereocenters. The van der Waals surface area contributed by atoms with Crippen LogP contribution in [0.3, 0.4) is 0 Å². The average molecular weight is 495 g/mol. The van der Waals surface area contributed by atoms with Crippen molar-refractivity contribution in [1.29, 1.82) is 0 Å². The van der Waals surface area contributed by atoms with E-state index < -0.39 is 72.2 Å². The molecule has 1 aliphatic heterocycles. The number of carbonyl (C=O) groups excluding carboxylic acids is 5. The number of esters is 4. The maximum atomic E-state index is 11.9. The van der Waals surface area contributed by atoms with Crippen molar-refractivity contribution < 1.29 is 52.8 Å². The van der Waals surface area contributed by atoms with Gasteiger partial charge in [-0.15, -0.1) is 11.8 Å². The first-order valence-electron chi connectivity index (χ1n) is 9.87. The van der Waals surface area contributed by atoms with E-state index in [0.717, 1.165) is 39.5 Å². The molecule has 188 valence electrons. The molecular weight excluding hydrogens is 464 g/mol. The van der Waals surface area contributed by atoms with Gasteiger partial charge < -0.3 is 34.5 Å². The van der Waals surface area contributed by atoms with Gasteiger partial charge in [-0.2, -0.15) is 0 Å². The standard InChI is InChI=1S/C19H30N2O11S/c1-9(22)29-6-14(30-10(2)23)16(31-11(3)24)17(32-12(4)25)15(26)19-21(8-28-5)13(7-33-19)18(20)27/h13-17,19,26H,6-8H2,1-5H3,(H2,20,27)/t13-,14?,15?,16?,17?,19-/m0/s1. The van der Waals surface area contributed by atoms with Gasteiger partial charge in [-0.3, -0.25) is 28.9 Å². The second-order valence-corrected chi connectivity index (χ2v) is 8.31. The number of nitrogens with two attached hydrogens (primary N) is 1. The molecule has 0 bridgehead atoms. The quantitative estimate of drug-likeness (QED) is 0.237. The van der Waals surface area contributed by atoms with Gasteiger partial charge in [0.25, 0.3) is 0 Å². The van der Waals surface area contributed by atoms with Crippen LogP contribution in [-0.4, -0.2) is 102 Å². The number of aliphatic hydroxyl groups is 1. The van der Waals surface area contributed by atoms with E-state index in [-0.39, 0.29) is 12.5 Å². The molecule has 33 heavy (non-hydrogen) atoms. The molecular formula is C19H30N2O11S. The Hall–Kier alpha value is -2.42. The number of primary amides is 1. The SMILES string of the molecule is COCN1[C@H](C(N)=O)CS[C@H]1C(O)C(OC(C)=O)C(OC(C)=O)C(COC(C)=O)OC(C)=O. The van der Waals surface area contributed by atoms with Gasteiger partial charge in [0.15, 0.2) is 18.3 Å². The van der Waals surface area contributed by atoms with Crippen LogP contribution in [0.15, 0.2) is 0 Å². The van der Waals surface area contributed by atoms with Crippen LogP contribution in [0, 0.1) is 0 Å². The predicted octanol–water partition coefficient (Wildman–Crippen LogP) is -1.46. The summed E-state index contributed by atoms with van der Waals surface area (Å²) in [6, 6.07) is -0.787. The number of amides is 1. The van der Waals surface area contributed by atoms with Gasteiger partial charge in [0, 0.05) is 40.6 Å². The normalized spacial score (nSPS) is 21.9. The van der Waals surface area contributed by atoms with Crippen molar-refractivity contribution in [3.8, 4) is 0 Å². The van der Waals surface area contributed by atoms with Crippen LogP contribution in [0.5, 0.6) is 0 Å². The molecule has 1 fully saturated rings. The van der Waals surface area contributed by atoms with Crippen LogP contribution < -0.4 is 5.73 Å². The van der Waals surface area contributed by atoms with Crippen molar-refractivity contribution >= 4 is 41.5 Å². The van der Waals surface area contributed by atoms with E-state index in [1.807, 2.05) is 0 Å². The molecule has 0 aromatic rings. The first-order valence-corrected chi connectivity index (χ1v) is 10.9. The molecule has 1 aliphatic rings. The lowest BCUT2D eigenvalue weighted by Gasteiger charge is -2.38. The summed E-state index contributed by atoms with van der Waals surface area (Å²) >= 11 is 1.14. The Labute approximate surface area is 195 Å². The Balaban J connectivity index is 3.39. The second kappa shape index (κ2) is 13.3. The highest BCUT2D eigenvalue weighted by Crippen LogP contribution is 2.34. The lowest BCUT2D eigenvalue weighted by molar-refractivity contribution is -0.200. The van der Waals surface area contributed by atoms with Crippen molar-refractivity contribution in [3.63, 3.8) is 0 Å². The zero-order chi connectivity index (χ0) is 25.3. The number of methoxy groups -OCH3 is 1. The third-order valence-corrected chi connectivity index (χ3v) is 5.85. The van der Waals surface area contributed by atoms with E-state index in [0.29, 0.717) is 0 Å². The molecule has 4 unspecified atom stereocenters. The van der Waals surface area contributed by atoms with E-state index in [4.69, 9.17) is 29.4 Å². The minimum absolute atomic E-state index is 0.0891. The molecule has 0 aliphatic carbocycles. The highest BCUT2D eigenvalue weighted by molar-refractivity contribution is 8.00. The number of ether oxygens (including phenoxy) is 5. The van der Waals surface area contributed by atoms with E-state index in [1.165, 1.54) is 12.0 Å². The van der Waals surface area contributed by atoms with Gasteiger partial charge in [-0.05, 0) is 0 Å². The third-order valence-electron chi connectivity index (χ3n) is 4.45. The van der Waals surface area contributed by atoms with Crippen molar-refractivity contribution in [3.05, 3.63) is 0 Å². The van der Waals surface area contributed by atoms with Crippen LogP contribution in [-0.2, 0) is 47.7 Å². The van der Waals surface area contributed by atoms with Crippen LogP contribution in [0.25, 0.3) is 0 Å². The summed E-state index contributed by atoms with van der Waals surface area (Å²) in [5, 5.41) is 10.3. The minimum atomic E-state index is -1.57. The number of hydrogen-bond acceptors (Lipinski definition) is 13. The van der Waals surface area contributed by atoms with Crippen LogP contribution >= 0.6 is 11.8 Å². The van der Waals surface area contributed by atoms with Gasteiger partial charge in [0.05, 0.1) is 5.37 Å². The van der Waals surface area contributed by atoms with Crippen molar-refractivity contribution in [2.24, 2.45) is 5.73 Å². The van der Waals surface area contributed by atoms with E-state index in [2.05, 4.69) is 0 Å². The predicted molar refractivity (Wildman–Crippen MR) is 112 cm³/mol.